The molecule has 0 fully saturated rings. The molecule has 0 aromatic heterocycles. The first-order valence-electron chi connectivity index (χ1n) is 7.17. The number of hydrogen-bond acceptors (Lipinski definition) is 6. The van der Waals surface area contributed by atoms with E-state index in [4.69, 9.17) is 26.7 Å². The quantitative estimate of drug-likeness (QED) is 0.529. The Morgan fingerprint density at radius 3 is 2.62 bits per heavy atom. The molecular weight excluding hydrogens is 360 g/mol. The molecule has 132 valence electrons. The first kappa shape index (κ1) is 18.8. The monoisotopic (exact) mass is 372 g/mol. The number of amides is 1. The smallest absolute Gasteiger partial charge is 0.337 e. The number of carbonyl (C=O) groups is 2. The van der Waals surface area contributed by atoms with Crippen molar-refractivity contribution in [3.63, 3.8) is 0 Å². The van der Waals surface area contributed by atoms with E-state index in [9.17, 15) is 9.59 Å². The number of para-hydroxylation sites is 1. The second kappa shape index (κ2) is 8.50. The second-order valence-corrected chi connectivity index (χ2v) is 5.25. The topological polar surface area (TPSA) is 124 Å². The first-order chi connectivity index (χ1) is 12.5. The highest BCUT2D eigenvalue weighted by molar-refractivity contribution is 6.49. The third kappa shape index (κ3) is 4.49. The van der Waals surface area contributed by atoms with Crippen LogP contribution in [0.2, 0.25) is 5.02 Å². The van der Waals surface area contributed by atoms with Crippen LogP contribution in [0.4, 0.5) is 11.4 Å². The minimum Gasteiger partial charge on any atom is -0.495 e. The van der Waals surface area contributed by atoms with Gasteiger partial charge in [0, 0.05) is 0 Å². The summed E-state index contributed by atoms with van der Waals surface area (Å²) in [5.74, 6) is -1.60. The number of carboxylic acids is 1. The number of hydrazone groups is 1. The summed E-state index contributed by atoms with van der Waals surface area (Å²) in [6.45, 7) is 0. The molecule has 2 aromatic carbocycles. The predicted molar refractivity (Wildman–Crippen MR) is 96.7 cm³/mol. The fourth-order valence-corrected chi connectivity index (χ4v) is 2.20. The minimum atomic E-state index is -1.21. The second-order valence-electron chi connectivity index (χ2n) is 4.84. The van der Waals surface area contributed by atoms with Gasteiger partial charge in [0.1, 0.15) is 11.8 Å². The number of rotatable bonds is 6. The van der Waals surface area contributed by atoms with E-state index in [-0.39, 0.29) is 11.3 Å². The summed E-state index contributed by atoms with van der Waals surface area (Å²) in [4.78, 5) is 23.3. The fraction of sp³-hybridized carbons (Fsp3) is 0.0588. The van der Waals surface area contributed by atoms with Crippen LogP contribution >= 0.6 is 11.6 Å². The molecule has 1 amide bonds. The van der Waals surface area contributed by atoms with Crippen molar-refractivity contribution in [1.82, 2.24) is 0 Å². The molecule has 0 heterocycles. The molecule has 0 aliphatic rings. The van der Waals surface area contributed by atoms with E-state index >= 15 is 0 Å². The Morgan fingerprint density at radius 2 is 2.00 bits per heavy atom. The van der Waals surface area contributed by atoms with Gasteiger partial charge in [-0.2, -0.15) is 10.4 Å². The molecule has 0 aliphatic heterocycles. The number of carbonyl (C=O) groups excluding carboxylic acids is 1. The SMILES string of the molecule is COc1ccc(N/N=C(/C#N)C(=O)Nc2ccccc2C(=O)O)cc1Cl. The van der Waals surface area contributed by atoms with Gasteiger partial charge in [0.15, 0.2) is 0 Å². The lowest BCUT2D eigenvalue weighted by Crippen LogP contribution is -2.23. The highest BCUT2D eigenvalue weighted by atomic mass is 35.5. The molecule has 0 unspecified atom stereocenters. The summed E-state index contributed by atoms with van der Waals surface area (Å²) in [5.41, 5.74) is 2.44. The number of halogens is 1. The molecule has 0 bridgehead atoms. The maximum Gasteiger partial charge on any atom is 0.337 e. The van der Waals surface area contributed by atoms with Crippen molar-refractivity contribution in [3.05, 3.63) is 53.1 Å². The number of nitrogens with zero attached hydrogens (tertiary/aromatic N) is 2. The van der Waals surface area contributed by atoms with Gasteiger partial charge >= 0.3 is 5.97 Å². The average molecular weight is 373 g/mol. The van der Waals surface area contributed by atoms with Crippen molar-refractivity contribution >= 4 is 40.6 Å². The Kier molecular flexibility index (Phi) is 6.14. The maximum absolute atomic E-state index is 12.2. The van der Waals surface area contributed by atoms with Gasteiger partial charge in [-0.05, 0) is 30.3 Å². The van der Waals surface area contributed by atoms with Crippen LogP contribution < -0.4 is 15.5 Å². The van der Waals surface area contributed by atoms with Gasteiger partial charge < -0.3 is 15.2 Å². The van der Waals surface area contributed by atoms with Gasteiger partial charge in [-0.1, -0.05) is 23.7 Å². The van der Waals surface area contributed by atoms with Crippen molar-refractivity contribution in [2.45, 2.75) is 0 Å². The predicted octanol–water partition coefficient (Wildman–Crippen LogP) is 2.98. The number of aromatic carboxylic acids is 1. The molecule has 0 saturated carbocycles. The normalized spacial score (nSPS) is 10.6. The lowest BCUT2D eigenvalue weighted by molar-refractivity contribution is -0.110. The molecule has 0 saturated heterocycles. The number of ether oxygens (including phenoxy) is 1. The van der Waals surface area contributed by atoms with E-state index in [2.05, 4.69) is 15.8 Å². The van der Waals surface area contributed by atoms with E-state index in [1.807, 2.05) is 0 Å². The van der Waals surface area contributed by atoms with Crippen LogP contribution in [0.5, 0.6) is 5.75 Å². The molecule has 0 radical (unpaired) electrons. The average Bonchev–Trinajstić information content (AvgIpc) is 2.62. The Hall–Kier alpha value is -3.57. The van der Waals surface area contributed by atoms with E-state index in [1.54, 1.807) is 24.3 Å². The van der Waals surface area contributed by atoms with E-state index in [0.717, 1.165) is 0 Å². The van der Waals surface area contributed by atoms with Crippen LogP contribution in [0.1, 0.15) is 10.4 Å². The maximum atomic E-state index is 12.2. The minimum absolute atomic E-state index is 0.0560. The van der Waals surface area contributed by atoms with Crippen LogP contribution in [0.3, 0.4) is 0 Å². The summed E-state index contributed by atoms with van der Waals surface area (Å²) < 4.78 is 5.02. The highest BCUT2D eigenvalue weighted by Crippen LogP contribution is 2.27. The van der Waals surface area contributed by atoms with Crippen LogP contribution in [0.15, 0.2) is 47.6 Å². The van der Waals surface area contributed by atoms with Gasteiger partial charge in [-0.15, -0.1) is 0 Å². The van der Waals surface area contributed by atoms with Crippen LogP contribution in [-0.2, 0) is 4.79 Å². The molecule has 3 N–H and O–H groups in total. The number of carboxylic acid groups (broad SMARTS) is 1. The number of nitriles is 1. The zero-order valence-corrected chi connectivity index (χ0v) is 14.2. The van der Waals surface area contributed by atoms with Gasteiger partial charge in [-0.3, -0.25) is 10.2 Å². The zero-order valence-electron chi connectivity index (χ0n) is 13.5. The van der Waals surface area contributed by atoms with Crippen molar-refractivity contribution in [2.24, 2.45) is 5.10 Å². The van der Waals surface area contributed by atoms with E-state index < -0.39 is 17.6 Å². The lowest BCUT2D eigenvalue weighted by Gasteiger charge is -2.08. The lowest BCUT2D eigenvalue weighted by atomic mass is 10.1. The van der Waals surface area contributed by atoms with E-state index in [1.165, 1.54) is 31.4 Å². The third-order valence-corrected chi connectivity index (χ3v) is 3.47. The molecule has 9 heteroatoms. The Balaban J connectivity index is 2.16. The molecule has 0 spiro atoms. The van der Waals surface area contributed by atoms with Crippen LogP contribution in [0, 0.1) is 11.3 Å². The summed E-state index contributed by atoms with van der Waals surface area (Å²) in [5, 5.41) is 24.6. The van der Waals surface area contributed by atoms with Gasteiger partial charge in [-0.25, -0.2) is 4.79 Å². The number of hydrogen-bond donors (Lipinski definition) is 3. The number of benzene rings is 2. The van der Waals surface area contributed by atoms with Crippen molar-refractivity contribution in [2.75, 3.05) is 17.9 Å². The fourth-order valence-electron chi connectivity index (χ4n) is 1.94. The Morgan fingerprint density at radius 1 is 1.27 bits per heavy atom. The summed E-state index contributed by atoms with van der Waals surface area (Å²) in [7, 11) is 1.47. The number of nitrogens with one attached hydrogen (secondary N) is 2. The van der Waals surface area contributed by atoms with Crippen molar-refractivity contribution in [3.8, 4) is 11.8 Å². The molecule has 2 rings (SSSR count). The van der Waals surface area contributed by atoms with Gasteiger partial charge in [0.2, 0.25) is 5.71 Å². The summed E-state index contributed by atoms with van der Waals surface area (Å²) in [6.07, 6.45) is 0. The summed E-state index contributed by atoms with van der Waals surface area (Å²) in [6, 6.07) is 12.2. The highest BCUT2D eigenvalue weighted by Gasteiger charge is 2.16. The number of anilines is 2. The van der Waals surface area contributed by atoms with Crippen LogP contribution in [-0.4, -0.2) is 29.8 Å². The molecule has 2 aromatic rings. The first-order valence-corrected chi connectivity index (χ1v) is 7.55. The third-order valence-electron chi connectivity index (χ3n) is 3.18. The van der Waals surface area contributed by atoms with Crippen LogP contribution in [0.25, 0.3) is 0 Å². The van der Waals surface area contributed by atoms with Gasteiger partial charge in [0.05, 0.1) is 29.1 Å². The molecule has 0 aliphatic carbocycles. The largest absolute Gasteiger partial charge is 0.495 e. The summed E-state index contributed by atoms with van der Waals surface area (Å²) >= 11 is 5.98. The molecule has 8 nitrogen and oxygen atoms in total. The number of methoxy groups -OCH3 is 1. The zero-order chi connectivity index (χ0) is 19.1. The Labute approximate surface area is 153 Å². The van der Waals surface area contributed by atoms with Crippen molar-refractivity contribution < 1.29 is 19.4 Å². The standard InChI is InChI=1S/C17H13ClN4O4/c1-26-15-7-6-10(8-12(15)18)21-22-14(9-19)16(23)20-13-5-3-2-4-11(13)17(24)25/h2-8,21H,1H3,(H,20,23)(H,24,25)/b22-14-. The molecule has 26 heavy (non-hydrogen) atoms. The van der Waals surface area contributed by atoms with E-state index in [0.29, 0.717) is 16.5 Å². The van der Waals surface area contributed by atoms with Crippen molar-refractivity contribution in [1.29, 1.82) is 5.26 Å². The van der Waals surface area contributed by atoms with Gasteiger partial charge in [0.25, 0.3) is 5.91 Å². The molecular formula is C17H13ClN4O4. The Bertz CT molecular complexity index is 921. The molecule has 0 atom stereocenters.